The van der Waals surface area contributed by atoms with Gasteiger partial charge >= 0.3 is 0 Å². The standard InChI is InChI=1S/C19H23FN6O/c1-3-15-18(20)19(22-12-21-15)27-11-14-5-8-25(9-6-14)17-10-13(2)24-16-4-7-23-26(16)17/h4,7,10,12,14H,3,5-6,8-9,11H2,1-2H3. The molecule has 142 valence electrons. The van der Waals surface area contributed by atoms with Gasteiger partial charge in [-0.05, 0) is 32.1 Å². The summed E-state index contributed by atoms with van der Waals surface area (Å²) in [6.07, 6.45) is 5.60. The van der Waals surface area contributed by atoms with Gasteiger partial charge in [0, 0.05) is 30.9 Å². The van der Waals surface area contributed by atoms with E-state index in [1.165, 1.54) is 6.33 Å². The molecule has 1 aliphatic rings. The quantitative estimate of drug-likeness (QED) is 0.688. The van der Waals surface area contributed by atoms with Gasteiger partial charge < -0.3 is 9.64 Å². The number of aromatic nitrogens is 5. The van der Waals surface area contributed by atoms with Crippen molar-refractivity contribution in [1.29, 1.82) is 0 Å². The maximum Gasteiger partial charge on any atom is 0.253 e. The Morgan fingerprint density at radius 1 is 1.26 bits per heavy atom. The first-order valence-electron chi connectivity index (χ1n) is 9.34. The van der Waals surface area contributed by atoms with Gasteiger partial charge in [-0.25, -0.2) is 9.97 Å². The van der Waals surface area contributed by atoms with Gasteiger partial charge in [0.05, 0.1) is 18.5 Å². The average Bonchev–Trinajstić information content (AvgIpc) is 3.15. The zero-order chi connectivity index (χ0) is 18.8. The van der Waals surface area contributed by atoms with Crippen LogP contribution in [0.5, 0.6) is 5.88 Å². The normalized spacial score (nSPS) is 15.4. The van der Waals surface area contributed by atoms with Gasteiger partial charge in [-0.2, -0.15) is 19.0 Å². The molecule has 0 amide bonds. The van der Waals surface area contributed by atoms with E-state index in [2.05, 4.69) is 31.0 Å². The van der Waals surface area contributed by atoms with Crippen LogP contribution in [0.1, 0.15) is 31.2 Å². The van der Waals surface area contributed by atoms with Crippen molar-refractivity contribution in [2.75, 3.05) is 24.6 Å². The van der Waals surface area contributed by atoms with Crippen molar-refractivity contribution in [3.63, 3.8) is 0 Å². The molecule has 7 nitrogen and oxygen atoms in total. The van der Waals surface area contributed by atoms with Crippen LogP contribution in [-0.4, -0.2) is 44.3 Å². The number of fused-ring (bicyclic) bond motifs is 1. The summed E-state index contributed by atoms with van der Waals surface area (Å²) in [5.41, 5.74) is 2.24. The van der Waals surface area contributed by atoms with E-state index in [9.17, 15) is 4.39 Å². The molecule has 0 spiro atoms. The Morgan fingerprint density at radius 3 is 2.85 bits per heavy atom. The van der Waals surface area contributed by atoms with Gasteiger partial charge in [0.2, 0.25) is 5.82 Å². The lowest BCUT2D eigenvalue weighted by molar-refractivity contribution is 0.206. The molecule has 0 unspecified atom stereocenters. The lowest BCUT2D eigenvalue weighted by Crippen LogP contribution is -2.36. The highest BCUT2D eigenvalue weighted by molar-refractivity contribution is 5.50. The SMILES string of the molecule is CCc1ncnc(OCC2CCN(c3cc(C)nc4ccnn34)CC2)c1F. The fourth-order valence-corrected chi connectivity index (χ4v) is 3.50. The second-order valence-electron chi connectivity index (χ2n) is 6.89. The Kier molecular flexibility index (Phi) is 4.87. The van der Waals surface area contributed by atoms with E-state index in [0.29, 0.717) is 24.6 Å². The van der Waals surface area contributed by atoms with Crippen LogP contribution < -0.4 is 9.64 Å². The first kappa shape index (κ1) is 17.6. The molecule has 0 bridgehead atoms. The largest absolute Gasteiger partial charge is 0.475 e. The fourth-order valence-electron chi connectivity index (χ4n) is 3.50. The number of halogens is 1. The number of ether oxygens (including phenoxy) is 1. The summed E-state index contributed by atoms with van der Waals surface area (Å²) in [5, 5.41) is 4.39. The Balaban J connectivity index is 1.39. The first-order chi connectivity index (χ1) is 13.2. The first-order valence-corrected chi connectivity index (χ1v) is 9.34. The smallest absolute Gasteiger partial charge is 0.253 e. The van der Waals surface area contributed by atoms with E-state index in [1.54, 1.807) is 6.20 Å². The van der Waals surface area contributed by atoms with E-state index >= 15 is 0 Å². The van der Waals surface area contributed by atoms with Crippen LogP contribution in [0.4, 0.5) is 10.2 Å². The van der Waals surface area contributed by atoms with Crippen LogP contribution in [0.2, 0.25) is 0 Å². The summed E-state index contributed by atoms with van der Waals surface area (Å²) < 4.78 is 21.7. The van der Waals surface area contributed by atoms with Gasteiger partial charge in [-0.1, -0.05) is 6.92 Å². The molecule has 3 aromatic heterocycles. The van der Waals surface area contributed by atoms with E-state index in [0.717, 1.165) is 43.1 Å². The van der Waals surface area contributed by atoms with Crippen molar-refractivity contribution >= 4 is 11.5 Å². The summed E-state index contributed by atoms with van der Waals surface area (Å²) in [4.78, 5) is 14.7. The number of hydrogen-bond donors (Lipinski definition) is 0. The van der Waals surface area contributed by atoms with Crippen molar-refractivity contribution in [3.8, 4) is 5.88 Å². The number of nitrogens with zero attached hydrogens (tertiary/aromatic N) is 6. The van der Waals surface area contributed by atoms with Gasteiger partial charge in [0.25, 0.3) is 5.88 Å². The van der Waals surface area contributed by atoms with Crippen molar-refractivity contribution < 1.29 is 9.13 Å². The van der Waals surface area contributed by atoms with E-state index in [4.69, 9.17) is 4.74 Å². The predicted molar refractivity (Wildman–Crippen MR) is 99.5 cm³/mol. The summed E-state index contributed by atoms with van der Waals surface area (Å²) in [6, 6.07) is 3.98. The summed E-state index contributed by atoms with van der Waals surface area (Å²) in [7, 11) is 0. The van der Waals surface area contributed by atoms with Gasteiger partial charge in [0.1, 0.15) is 12.1 Å². The minimum absolute atomic E-state index is 0.0623. The number of hydrogen-bond acceptors (Lipinski definition) is 6. The topological polar surface area (TPSA) is 68.4 Å². The minimum atomic E-state index is -0.439. The molecule has 0 saturated carbocycles. The molecule has 27 heavy (non-hydrogen) atoms. The Bertz CT molecular complexity index is 935. The zero-order valence-electron chi connectivity index (χ0n) is 15.6. The van der Waals surface area contributed by atoms with Crippen LogP contribution in [0.3, 0.4) is 0 Å². The number of piperidine rings is 1. The predicted octanol–water partition coefficient (Wildman–Crippen LogP) is 2.82. The van der Waals surface area contributed by atoms with E-state index in [1.807, 2.05) is 24.4 Å². The minimum Gasteiger partial charge on any atom is -0.475 e. The van der Waals surface area contributed by atoms with Gasteiger partial charge in [0.15, 0.2) is 5.65 Å². The highest BCUT2D eigenvalue weighted by atomic mass is 19.1. The third-order valence-electron chi connectivity index (χ3n) is 5.03. The summed E-state index contributed by atoms with van der Waals surface area (Å²) >= 11 is 0. The van der Waals surface area contributed by atoms with Crippen LogP contribution in [-0.2, 0) is 6.42 Å². The molecule has 4 rings (SSSR count). The Morgan fingerprint density at radius 2 is 2.07 bits per heavy atom. The summed E-state index contributed by atoms with van der Waals surface area (Å²) in [6.45, 7) is 6.13. The second-order valence-corrected chi connectivity index (χ2v) is 6.89. The number of aryl methyl sites for hydroxylation is 2. The number of rotatable bonds is 5. The van der Waals surface area contributed by atoms with Crippen LogP contribution >= 0.6 is 0 Å². The molecule has 1 saturated heterocycles. The lowest BCUT2D eigenvalue weighted by Gasteiger charge is -2.33. The third kappa shape index (κ3) is 3.56. The van der Waals surface area contributed by atoms with Crippen molar-refractivity contribution in [1.82, 2.24) is 24.6 Å². The molecule has 0 N–H and O–H groups in total. The second kappa shape index (κ2) is 7.46. The van der Waals surface area contributed by atoms with Crippen LogP contribution in [0.15, 0.2) is 24.7 Å². The van der Waals surface area contributed by atoms with Crippen molar-refractivity contribution in [3.05, 3.63) is 41.9 Å². The monoisotopic (exact) mass is 370 g/mol. The molecule has 0 aromatic carbocycles. The maximum absolute atomic E-state index is 14.2. The van der Waals surface area contributed by atoms with Crippen LogP contribution in [0, 0.1) is 18.7 Å². The lowest BCUT2D eigenvalue weighted by atomic mass is 9.98. The Labute approximate surface area is 157 Å². The molecule has 0 radical (unpaired) electrons. The fraction of sp³-hybridized carbons (Fsp3) is 0.474. The van der Waals surface area contributed by atoms with Crippen molar-refractivity contribution in [2.45, 2.75) is 33.1 Å². The molecular weight excluding hydrogens is 347 g/mol. The molecular formula is C19H23FN6O. The molecule has 4 heterocycles. The highest BCUT2D eigenvalue weighted by Crippen LogP contribution is 2.25. The highest BCUT2D eigenvalue weighted by Gasteiger charge is 2.23. The maximum atomic E-state index is 14.2. The molecule has 1 aliphatic heterocycles. The van der Waals surface area contributed by atoms with E-state index < -0.39 is 5.82 Å². The number of anilines is 1. The van der Waals surface area contributed by atoms with Crippen LogP contribution in [0.25, 0.3) is 5.65 Å². The van der Waals surface area contributed by atoms with Crippen molar-refractivity contribution in [2.24, 2.45) is 5.92 Å². The summed E-state index contributed by atoms with van der Waals surface area (Å²) in [5.74, 6) is 1.06. The molecule has 1 fully saturated rings. The third-order valence-corrected chi connectivity index (χ3v) is 5.03. The van der Waals surface area contributed by atoms with Gasteiger partial charge in [-0.3, -0.25) is 0 Å². The zero-order valence-corrected chi connectivity index (χ0v) is 15.6. The van der Waals surface area contributed by atoms with E-state index in [-0.39, 0.29) is 5.88 Å². The molecule has 3 aromatic rings. The average molecular weight is 370 g/mol. The van der Waals surface area contributed by atoms with Gasteiger partial charge in [-0.15, -0.1) is 0 Å². The molecule has 0 atom stereocenters. The molecule has 8 heteroatoms. The molecule has 0 aliphatic carbocycles. The Hall–Kier alpha value is -2.77.